The summed E-state index contributed by atoms with van der Waals surface area (Å²) in [7, 11) is 1.91. The molecule has 3 amide bonds. The molecule has 0 saturated carbocycles. The van der Waals surface area contributed by atoms with Gasteiger partial charge in [0.2, 0.25) is 17.7 Å². The van der Waals surface area contributed by atoms with Gasteiger partial charge in [-0.3, -0.25) is 38.6 Å². The van der Waals surface area contributed by atoms with E-state index in [1.165, 1.54) is 37.6 Å². The molecule has 516 valence electrons. The molecule has 0 spiro atoms. The summed E-state index contributed by atoms with van der Waals surface area (Å²) in [5.74, 6) is 2.48. The predicted octanol–water partition coefficient (Wildman–Crippen LogP) is 17.4. The number of thiophene rings is 2. The van der Waals surface area contributed by atoms with Crippen molar-refractivity contribution in [2.24, 2.45) is 22.0 Å². The predicted molar refractivity (Wildman–Crippen MR) is 407 cm³/mol. The number of carbonyl (C=O) groups is 3. The second-order valence-electron chi connectivity index (χ2n) is 26.5. The highest BCUT2D eigenvalue weighted by Gasteiger charge is 2.37. The number of anilines is 2. The Labute approximate surface area is 601 Å². The lowest BCUT2D eigenvalue weighted by Gasteiger charge is -2.13. The standard InChI is InChI=1S/C28H27N3O2S.C27H27N5O2.C27H27N5OS/c1-15-6-10-20(11-7-15)26-24-17(3)19(5)34-28(24)25-18(4)31-33-27(25)22(30-26)14-23(32)29-21-12-8-16(2)9-13-21;1-5-28-24(33)13-23-27-25(17(3)31-34-27)21-11-10-19(20-14-29-32(4)15-20)12-22(21)26(30-23)18-8-6-16(2)7-9-18;1-15-6-10-20(11-7-15)25-24-17(3)18(4)34-27(24)32-19(5)30-31-26(32)22(29-25)14-23(33)28-21-12-8-16(2)9-13-21/h6-13,22H,14H2,1-5H3,(H,29,32);6-12,14-15,23H,5,13H2,1-4H3,(H,28,33);6-13,22H,14H2,1-5H3,(H,28,33)/t22-;23-;22-/m000/s1. The molecule has 0 aliphatic carbocycles. The van der Waals surface area contributed by atoms with E-state index < -0.39 is 18.1 Å². The monoisotopic (exact) mass is 1390 g/mol. The molecule has 6 aromatic heterocycles. The average Bonchev–Trinajstić information content (AvgIpc) is 1.60. The number of carbonyl (C=O) groups excluding carboxylic acids is 3. The first-order chi connectivity index (χ1) is 49.1. The Bertz CT molecular complexity index is 5030. The molecule has 18 nitrogen and oxygen atoms in total. The summed E-state index contributed by atoms with van der Waals surface area (Å²) in [6.07, 6.45) is 4.38. The molecule has 0 fully saturated rings. The van der Waals surface area contributed by atoms with Crippen molar-refractivity contribution in [3.05, 3.63) is 269 Å². The topological polar surface area (TPSA) is 225 Å². The van der Waals surface area contributed by atoms with Crippen LogP contribution in [0.2, 0.25) is 0 Å². The van der Waals surface area contributed by atoms with Crippen molar-refractivity contribution in [2.45, 2.75) is 127 Å². The highest BCUT2D eigenvalue weighted by molar-refractivity contribution is 7.16. The van der Waals surface area contributed by atoms with Gasteiger partial charge in [-0.2, -0.15) is 5.10 Å². The fourth-order valence-electron chi connectivity index (χ4n) is 13.1. The summed E-state index contributed by atoms with van der Waals surface area (Å²) < 4.78 is 15.5. The third-order valence-electron chi connectivity index (χ3n) is 18.8. The molecule has 0 bridgehead atoms. The second-order valence-corrected chi connectivity index (χ2v) is 29.0. The molecule has 20 heteroatoms. The van der Waals surface area contributed by atoms with E-state index in [-0.39, 0.29) is 37.0 Å². The van der Waals surface area contributed by atoms with Gasteiger partial charge in [0.1, 0.15) is 29.0 Å². The number of hydrogen-bond acceptors (Lipinski definition) is 15. The van der Waals surface area contributed by atoms with Gasteiger partial charge in [-0.15, -0.1) is 32.9 Å². The number of aliphatic imine (C=N–C) groups is 3. The molecule has 102 heavy (non-hydrogen) atoms. The zero-order valence-corrected chi connectivity index (χ0v) is 61.5. The molecule has 0 saturated heterocycles. The van der Waals surface area contributed by atoms with Crippen LogP contribution in [0.5, 0.6) is 0 Å². The van der Waals surface area contributed by atoms with Gasteiger partial charge in [0.05, 0.1) is 65.1 Å². The van der Waals surface area contributed by atoms with Crippen molar-refractivity contribution in [3.63, 3.8) is 0 Å². The molecule has 15 rings (SSSR count). The first-order valence-corrected chi connectivity index (χ1v) is 35.8. The third-order valence-corrected chi connectivity index (χ3v) is 21.2. The number of nitrogens with zero attached hydrogens (tertiary/aromatic N) is 10. The zero-order valence-electron chi connectivity index (χ0n) is 59.8. The summed E-state index contributed by atoms with van der Waals surface area (Å²) in [6, 6.07) is 45.6. The number of hydrogen-bond donors (Lipinski definition) is 3. The van der Waals surface area contributed by atoms with Gasteiger partial charge >= 0.3 is 0 Å². The number of aromatic nitrogens is 7. The maximum atomic E-state index is 13.1. The quantitative estimate of drug-likeness (QED) is 0.0990. The van der Waals surface area contributed by atoms with Gasteiger partial charge in [0.15, 0.2) is 17.3 Å². The zero-order chi connectivity index (χ0) is 71.8. The van der Waals surface area contributed by atoms with Crippen molar-refractivity contribution in [3.8, 4) is 37.7 Å². The van der Waals surface area contributed by atoms with E-state index in [0.717, 1.165) is 128 Å². The smallest absolute Gasteiger partial charge is 0.227 e. The van der Waals surface area contributed by atoms with Gasteiger partial charge in [-0.1, -0.05) is 147 Å². The second kappa shape index (κ2) is 29.2. The number of fused-ring (bicyclic) bond motifs is 9. The van der Waals surface area contributed by atoms with E-state index in [4.69, 9.17) is 24.0 Å². The lowest BCUT2D eigenvalue weighted by atomic mass is 9.90. The molecule has 6 aromatic carbocycles. The fourth-order valence-corrected chi connectivity index (χ4v) is 15.5. The van der Waals surface area contributed by atoms with Crippen molar-refractivity contribution < 1.29 is 23.4 Å². The van der Waals surface area contributed by atoms with Gasteiger partial charge in [0, 0.05) is 84.7 Å². The summed E-state index contributed by atoms with van der Waals surface area (Å²) in [5, 5.41) is 31.6. The average molecular weight is 1390 g/mol. The molecular weight excluding hydrogens is 1310 g/mol. The Morgan fingerprint density at radius 2 is 0.922 bits per heavy atom. The molecule has 0 radical (unpaired) electrons. The van der Waals surface area contributed by atoms with Crippen LogP contribution in [0.4, 0.5) is 11.4 Å². The Morgan fingerprint density at radius 1 is 0.471 bits per heavy atom. The highest BCUT2D eigenvalue weighted by Crippen LogP contribution is 2.48. The minimum absolute atomic E-state index is 0.0680. The normalized spacial score (nSPS) is 14.7. The Balaban J connectivity index is 0.000000137. The van der Waals surface area contributed by atoms with Crippen LogP contribution in [0, 0.1) is 83.1 Å². The lowest BCUT2D eigenvalue weighted by Crippen LogP contribution is -2.24. The number of rotatable bonds is 13. The van der Waals surface area contributed by atoms with Gasteiger partial charge in [0.25, 0.3) is 0 Å². The minimum Gasteiger partial charge on any atom is -0.358 e. The van der Waals surface area contributed by atoms with Crippen LogP contribution >= 0.6 is 22.7 Å². The SMILES string of the molecule is CCNC(=O)C[C@@H]1N=C(c2ccc(C)cc2)c2cc(-c3cnn(C)c3)ccc2-c2c(C)noc21.Cc1ccc(NC(=O)C[C@@H]2N=C(c3ccc(C)cc3)c3c(sc(C)c3C)-c3c(C)noc32)cc1.Cc1ccc(NC(=O)C[C@@H]2N=C(c3ccc(C)cc3)c3c(sc(C)c3C)-n3c(C)nnc32)cc1. The van der Waals surface area contributed by atoms with E-state index in [0.29, 0.717) is 23.9 Å². The first kappa shape index (κ1) is 69.4. The van der Waals surface area contributed by atoms with Gasteiger partial charge in [-0.05, 0) is 143 Å². The maximum absolute atomic E-state index is 13.1. The molecule has 9 heterocycles. The molecule has 3 aliphatic heterocycles. The van der Waals surface area contributed by atoms with E-state index in [1.54, 1.807) is 27.4 Å². The van der Waals surface area contributed by atoms with Crippen molar-refractivity contribution in [2.75, 3.05) is 17.2 Å². The van der Waals surface area contributed by atoms with Crippen LogP contribution in [-0.4, -0.2) is 76.3 Å². The summed E-state index contributed by atoms with van der Waals surface area (Å²) in [6.45, 7) is 27.1. The Kier molecular flexibility index (Phi) is 19.9. The van der Waals surface area contributed by atoms with Crippen molar-refractivity contribution in [1.29, 1.82) is 0 Å². The first-order valence-electron chi connectivity index (χ1n) is 34.2. The van der Waals surface area contributed by atoms with Crippen LogP contribution in [0.15, 0.2) is 176 Å². The van der Waals surface area contributed by atoms with E-state index in [9.17, 15) is 14.4 Å². The minimum atomic E-state index is -0.478. The maximum Gasteiger partial charge on any atom is 0.227 e. The van der Waals surface area contributed by atoms with Crippen molar-refractivity contribution in [1.82, 2.24) is 40.2 Å². The third kappa shape index (κ3) is 14.3. The van der Waals surface area contributed by atoms with Gasteiger partial charge in [-0.25, -0.2) is 0 Å². The summed E-state index contributed by atoms with van der Waals surface area (Å²) in [5.41, 5.74) is 25.2. The molecule has 3 N–H and O–H groups in total. The lowest BCUT2D eigenvalue weighted by molar-refractivity contribution is -0.121. The Hall–Kier alpha value is -11.1. The number of aryl methyl sites for hydroxylation is 11. The van der Waals surface area contributed by atoms with E-state index in [1.807, 2.05) is 110 Å². The number of amides is 3. The van der Waals surface area contributed by atoms with Crippen LogP contribution in [0.25, 0.3) is 37.7 Å². The summed E-state index contributed by atoms with van der Waals surface area (Å²) >= 11 is 3.46. The molecule has 12 aromatic rings. The van der Waals surface area contributed by atoms with Crippen LogP contribution < -0.4 is 16.0 Å². The van der Waals surface area contributed by atoms with Crippen molar-refractivity contribution >= 4 is 68.9 Å². The molecule has 3 atom stereocenters. The highest BCUT2D eigenvalue weighted by atomic mass is 32.1. The van der Waals surface area contributed by atoms with Crippen LogP contribution in [0.3, 0.4) is 0 Å². The van der Waals surface area contributed by atoms with E-state index >= 15 is 0 Å². The fraction of sp³-hybridized carbons (Fsp3) is 0.256. The van der Waals surface area contributed by atoms with Crippen LogP contribution in [0.1, 0.15) is 161 Å². The number of benzene rings is 6. The molecule has 0 unspecified atom stereocenters. The van der Waals surface area contributed by atoms with Gasteiger partial charge < -0.3 is 25.0 Å². The van der Waals surface area contributed by atoms with Crippen LogP contribution in [-0.2, 0) is 21.4 Å². The molecule has 3 aliphatic rings. The number of nitrogens with one attached hydrogen (secondary N) is 3. The van der Waals surface area contributed by atoms with E-state index in [2.05, 4.69) is 186 Å². The summed E-state index contributed by atoms with van der Waals surface area (Å²) in [4.78, 5) is 57.8. The largest absolute Gasteiger partial charge is 0.358 e. The molecular formula is C82H81N13O5S2. The Morgan fingerprint density at radius 3 is 1.46 bits per heavy atom.